The molecule has 1 heterocycles. The van der Waals surface area contributed by atoms with E-state index in [1.807, 2.05) is 12.1 Å². The lowest BCUT2D eigenvalue weighted by Gasteiger charge is -2.24. The lowest BCUT2D eigenvalue weighted by Crippen LogP contribution is -2.40. The molecule has 2 radical (unpaired) electrons. The van der Waals surface area contributed by atoms with Gasteiger partial charge in [0.15, 0.2) is 6.29 Å². The second kappa shape index (κ2) is 3.13. The summed E-state index contributed by atoms with van der Waals surface area (Å²) in [5.41, 5.74) is 2.40. The predicted octanol–water partition coefficient (Wildman–Crippen LogP) is 0.734. The zero-order valence-electron chi connectivity index (χ0n) is 6.99. The molecule has 1 aromatic rings. The zero-order valence-corrected chi connectivity index (χ0v) is 6.99. The van der Waals surface area contributed by atoms with Crippen LogP contribution < -0.4 is 16.0 Å². The van der Waals surface area contributed by atoms with Crippen LogP contribution in [0.1, 0.15) is 5.56 Å². The Labute approximate surface area is 72.2 Å². The second-order valence-corrected chi connectivity index (χ2v) is 2.77. The van der Waals surface area contributed by atoms with E-state index in [1.54, 1.807) is 7.05 Å². The molecule has 1 atom stereocenters. The minimum atomic E-state index is -0.0556. The van der Waals surface area contributed by atoms with Crippen molar-refractivity contribution >= 4 is 5.69 Å². The van der Waals surface area contributed by atoms with E-state index < -0.39 is 0 Å². The normalized spacial score (nSPS) is 21.2. The SMILES string of the molecule is C[N]C1[N]Cc2ccccc2N1. The maximum Gasteiger partial charge on any atom is 0.163 e. The van der Waals surface area contributed by atoms with Crippen LogP contribution in [0.2, 0.25) is 0 Å². The zero-order chi connectivity index (χ0) is 8.39. The Morgan fingerprint density at radius 3 is 3.17 bits per heavy atom. The van der Waals surface area contributed by atoms with Crippen LogP contribution in [-0.2, 0) is 6.54 Å². The van der Waals surface area contributed by atoms with Gasteiger partial charge in [0.05, 0.1) is 0 Å². The summed E-state index contributed by atoms with van der Waals surface area (Å²) < 4.78 is 0. The standard InChI is InChI=1S/C9H11N3/c1-10-9-11-6-7-4-2-3-5-8(7)12-9/h2-5,9,12H,6H2,1H3. The van der Waals surface area contributed by atoms with Crippen molar-refractivity contribution in [3.05, 3.63) is 29.8 Å². The van der Waals surface area contributed by atoms with Crippen LogP contribution in [0.25, 0.3) is 0 Å². The van der Waals surface area contributed by atoms with E-state index in [4.69, 9.17) is 0 Å². The molecule has 1 aromatic carbocycles. The Balaban J connectivity index is 2.23. The summed E-state index contributed by atoms with van der Waals surface area (Å²) in [6.45, 7) is 0.769. The molecule has 0 saturated heterocycles. The van der Waals surface area contributed by atoms with Crippen LogP contribution in [0.4, 0.5) is 5.69 Å². The lowest BCUT2D eigenvalue weighted by molar-refractivity contribution is 0.467. The van der Waals surface area contributed by atoms with Gasteiger partial charge in [0.1, 0.15) is 0 Å². The number of fused-ring (bicyclic) bond motifs is 1. The van der Waals surface area contributed by atoms with Gasteiger partial charge in [-0.1, -0.05) is 18.2 Å². The van der Waals surface area contributed by atoms with Gasteiger partial charge in [-0.2, -0.15) is 5.32 Å². The number of hydrogen-bond donors (Lipinski definition) is 1. The van der Waals surface area contributed by atoms with Crippen molar-refractivity contribution in [1.82, 2.24) is 10.6 Å². The molecule has 1 unspecified atom stereocenters. The van der Waals surface area contributed by atoms with E-state index in [9.17, 15) is 0 Å². The average molecular weight is 161 g/mol. The van der Waals surface area contributed by atoms with Gasteiger partial charge in [-0.25, -0.2) is 5.32 Å². The van der Waals surface area contributed by atoms with Gasteiger partial charge in [0.25, 0.3) is 0 Å². The fourth-order valence-electron chi connectivity index (χ4n) is 1.31. The summed E-state index contributed by atoms with van der Waals surface area (Å²) in [6.07, 6.45) is -0.0556. The number of nitrogens with zero attached hydrogens (tertiary/aromatic N) is 2. The molecule has 0 fully saturated rings. The Bertz CT molecular complexity index is 272. The minimum Gasteiger partial charge on any atom is -0.355 e. The maximum absolute atomic E-state index is 4.31. The molecule has 2 rings (SSSR count). The molecule has 0 amide bonds. The molecule has 0 spiro atoms. The van der Waals surface area contributed by atoms with Crippen LogP contribution in [0.5, 0.6) is 0 Å². The van der Waals surface area contributed by atoms with E-state index >= 15 is 0 Å². The minimum absolute atomic E-state index is 0.0556. The molecule has 1 aliphatic rings. The second-order valence-electron chi connectivity index (χ2n) is 2.77. The number of rotatable bonds is 1. The van der Waals surface area contributed by atoms with Crippen molar-refractivity contribution in [3.63, 3.8) is 0 Å². The van der Waals surface area contributed by atoms with E-state index in [2.05, 4.69) is 28.1 Å². The summed E-state index contributed by atoms with van der Waals surface area (Å²) in [4.78, 5) is 0. The van der Waals surface area contributed by atoms with Gasteiger partial charge < -0.3 is 5.32 Å². The predicted molar refractivity (Wildman–Crippen MR) is 47.7 cm³/mol. The van der Waals surface area contributed by atoms with Crippen LogP contribution in [0, 0.1) is 0 Å². The molecule has 0 aliphatic carbocycles. The van der Waals surface area contributed by atoms with Crippen LogP contribution in [0.3, 0.4) is 0 Å². The third kappa shape index (κ3) is 1.29. The first-order valence-electron chi connectivity index (χ1n) is 4.00. The third-order valence-electron chi connectivity index (χ3n) is 1.98. The summed E-state index contributed by atoms with van der Waals surface area (Å²) in [5, 5.41) is 11.6. The number of para-hydroxylation sites is 1. The summed E-state index contributed by atoms with van der Waals surface area (Å²) in [7, 11) is 1.77. The fourth-order valence-corrected chi connectivity index (χ4v) is 1.31. The Kier molecular flexibility index (Phi) is 1.98. The van der Waals surface area contributed by atoms with Gasteiger partial charge in [0.2, 0.25) is 0 Å². The number of anilines is 1. The Hall–Kier alpha value is -1.06. The summed E-state index contributed by atoms with van der Waals surface area (Å²) in [6, 6.07) is 8.18. The molecule has 0 bridgehead atoms. The van der Waals surface area contributed by atoms with E-state index in [0.717, 1.165) is 12.2 Å². The fraction of sp³-hybridized carbons (Fsp3) is 0.333. The number of nitrogens with one attached hydrogen (secondary N) is 1. The van der Waals surface area contributed by atoms with Gasteiger partial charge >= 0.3 is 0 Å². The van der Waals surface area contributed by atoms with E-state index in [-0.39, 0.29) is 6.29 Å². The molecule has 0 saturated carbocycles. The van der Waals surface area contributed by atoms with E-state index in [1.165, 1.54) is 5.56 Å². The molecule has 1 N–H and O–H groups in total. The van der Waals surface area contributed by atoms with Crippen molar-refractivity contribution in [2.75, 3.05) is 12.4 Å². The summed E-state index contributed by atoms with van der Waals surface area (Å²) >= 11 is 0. The van der Waals surface area contributed by atoms with Gasteiger partial charge in [-0.15, -0.1) is 0 Å². The first kappa shape index (κ1) is 7.58. The highest BCUT2D eigenvalue weighted by atomic mass is 15.3. The molecule has 3 heteroatoms. The first-order chi connectivity index (χ1) is 5.90. The van der Waals surface area contributed by atoms with Crippen molar-refractivity contribution < 1.29 is 0 Å². The topological polar surface area (TPSA) is 40.2 Å². The lowest BCUT2D eigenvalue weighted by atomic mass is 10.1. The number of hydrogen-bond acceptors (Lipinski definition) is 1. The van der Waals surface area contributed by atoms with Crippen molar-refractivity contribution in [3.8, 4) is 0 Å². The number of benzene rings is 1. The van der Waals surface area contributed by atoms with E-state index in [0.29, 0.717) is 0 Å². The van der Waals surface area contributed by atoms with Crippen molar-refractivity contribution in [2.24, 2.45) is 0 Å². The molecule has 0 aromatic heterocycles. The molecular weight excluding hydrogens is 150 g/mol. The Morgan fingerprint density at radius 1 is 1.50 bits per heavy atom. The average Bonchev–Trinajstić information content (AvgIpc) is 2.17. The monoisotopic (exact) mass is 161 g/mol. The van der Waals surface area contributed by atoms with Gasteiger partial charge in [-0.3, -0.25) is 0 Å². The van der Waals surface area contributed by atoms with Crippen molar-refractivity contribution in [1.29, 1.82) is 0 Å². The third-order valence-corrected chi connectivity index (χ3v) is 1.98. The highest BCUT2D eigenvalue weighted by Crippen LogP contribution is 2.19. The maximum atomic E-state index is 4.31. The van der Waals surface area contributed by atoms with Gasteiger partial charge in [0, 0.05) is 19.3 Å². The van der Waals surface area contributed by atoms with Gasteiger partial charge in [-0.05, 0) is 11.6 Å². The van der Waals surface area contributed by atoms with Crippen LogP contribution >= 0.6 is 0 Å². The molecular formula is C9H11N3. The van der Waals surface area contributed by atoms with Crippen molar-refractivity contribution in [2.45, 2.75) is 12.8 Å². The smallest absolute Gasteiger partial charge is 0.163 e. The molecule has 62 valence electrons. The Morgan fingerprint density at radius 2 is 2.33 bits per heavy atom. The highest BCUT2D eigenvalue weighted by molar-refractivity contribution is 5.52. The highest BCUT2D eigenvalue weighted by Gasteiger charge is 2.15. The molecule has 3 nitrogen and oxygen atoms in total. The molecule has 12 heavy (non-hydrogen) atoms. The quantitative estimate of drug-likeness (QED) is 0.648. The summed E-state index contributed by atoms with van der Waals surface area (Å²) in [5.74, 6) is 0. The van der Waals surface area contributed by atoms with Crippen LogP contribution in [0.15, 0.2) is 24.3 Å². The molecule has 1 aliphatic heterocycles. The largest absolute Gasteiger partial charge is 0.355 e. The first-order valence-corrected chi connectivity index (χ1v) is 4.00. The van der Waals surface area contributed by atoms with Crippen LogP contribution in [-0.4, -0.2) is 13.3 Å².